The van der Waals surface area contributed by atoms with Gasteiger partial charge in [0.25, 0.3) is 5.91 Å². The van der Waals surface area contributed by atoms with Crippen molar-refractivity contribution >= 4 is 11.9 Å². The third-order valence-corrected chi connectivity index (χ3v) is 3.56. The topological polar surface area (TPSA) is 82.2 Å². The predicted octanol–water partition coefficient (Wildman–Crippen LogP) is 1.92. The highest BCUT2D eigenvalue weighted by molar-refractivity contribution is 5.96. The van der Waals surface area contributed by atoms with Crippen LogP contribution in [0, 0.1) is 0 Å². The van der Waals surface area contributed by atoms with E-state index in [2.05, 4.69) is 10.3 Å². The predicted molar refractivity (Wildman–Crippen MR) is 66.3 cm³/mol. The molecule has 0 atom stereocenters. The van der Waals surface area contributed by atoms with Gasteiger partial charge in [0.15, 0.2) is 0 Å². The normalized spacial score (nSPS) is 18.9. The number of carbonyl (C=O) groups excluding carboxylic acids is 1. The number of hydrogen-bond donors (Lipinski definition) is 3. The fourth-order valence-corrected chi connectivity index (χ4v) is 2.48. The van der Waals surface area contributed by atoms with E-state index >= 15 is 0 Å². The van der Waals surface area contributed by atoms with Gasteiger partial charge in [0.05, 0.1) is 0 Å². The van der Waals surface area contributed by atoms with Gasteiger partial charge in [-0.05, 0) is 25.0 Å². The van der Waals surface area contributed by atoms with Crippen molar-refractivity contribution in [2.45, 2.75) is 44.1 Å². The molecule has 1 aromatic rings. The Balaban J connectivity index is 2.15. The average Bonchev–Trinajstić information content (AvgIpc) is 2.77. The van der Waals surface area contributed by atoms with E-state index in [1.54, 1.807) is 18.3 Å². The van der Waals surface area contributed by atoms with Crippen molar-refractivity contribution < 1.29 is 14.7 Å². The van der Waals surface area contributed by atoms with Crippen LogP contribution in [0.1, 0.15) is 49.0 Å². The number of H-pyrrole nitrogens is 1. The summed E-state index contributed by atoms with van der Waals surface area (Å²) in [6.07, 6.45) is 6.43. The van der Waals surface area contributed by atoms with Gasteiger partial charge in [0.2, 0.25) is 0 Å². The molecule has 1 heterocycles. The van der Waals surface area contributed by atoms with E-state index in [4.69, 9.17) is 0 Å². The first-order valence-corrected chi connectivity index (χ1v) is 6.33. The van der Waals surface area contributed by atoms with Crippen LogP contribution in [0.15, 0.2) is 18.3 Å². The Labute approximate surface area is 106 Å². The summed E-state index contributed by atoms with van der Waals surface area (Å²) in [5.74, 6) is -1.27. The molecule has 1 aliphatic rings. The summed E-state index contributed by atoms with van der Waals surface area (Å²) >= 11 is 0. The second-order valence-electron chi connectivity index (χ2n) is 4.84. The molecule has 1 fully saturated rings. The van der Waals surface area contributed by atoms with Gasteiger partial charge in [-0.1, -0.05) is 25.7 Å². The molecule has 0 radical (unpaired) electrons. The van der Waals surface area contributed by atoms with Crippen LogP contribution in [0.2, 0.25) is 0 Å². The van der Waals surface area contributed by atoms with E-state index in [0.29, 0.717) is 18.5 Å². The van der Waals surface area contributed by atoms with Crippen molar-refractivity contribution in [3.05, 3.63) is 24.0 Å². The summed E-state index contributed by atoms with van der Waals surface area (Å²) in [5.41, 5.74) is -0.696. The molecule has 0 saturated heterocycles. The van der Waals surface area contributed by atoms with Gasteiger partial charge >= 0.3 is 5.97 Å². The maximum absolute atomic E-state index is 12.0. The van der Waals surface area contributed by atoms with Crippen LogP contribution in [0.5, 0.6) is 0 Å². The van der Waals surface area contributed by atoms with Crippen molar-refractivity contribution in [2.24, 2.45) is 0 Å². The molecule has 98 valence electrons. The molecule has 1 aromatic heterocycles. The van der Waals surface area contributed by atoms with Crippen LogP contribution in [0.25, 0.3) is 0 Å². The maximum atomic E-state index is 12.0. The van der Waals surface area contributed by atoms with Gasteiger partial charge in [-0.15, -0.1) is 0 Å². The zero-order valence-electron chi connectivity index (χ0n) is 10.2. The maximum Gasteiger partial charge on any atom is 0.329 e. The van der Waals surface area contributed by atoms with Crippen LogP contribution in [-0.4, -0.2) is 27.5 Å². The van der Waals surface area contributed by atoms with E-state index in [9.17, 15) is 14.7 Å². The third kappa shape index (κ3) is 2.55. The Bertz CT molecular complexity index is 417. The molecule has 0 aliphatic heterocycles. The third-order valence-electron chi connectivity index (χ3n) is 3.56. The number of aliphatic carboxylic acids is 1. The molecule has 1 aliphatic carbocycles. The lowest BCUT2D eigenvalue weighted by Crippen LogP contribution is -2.54. The fraction of sp³-hybridized carbons (Fsp3) is 0.538. The molecule has 1 saturated carbocycles. The van der Waals surface area contributed by atoms with Crippen LogP contribution in [-0.2, 0) is 4.79 Å². The highest BCUT2D eigenvalue weighted by Gasteiger charge is 2.40. The van der Waals surface area contributed by atoms with E-state index in [1.165, 1.54) is 0 Å². The summed E-state index contributed by atoms with van der Waals surface area (Å²) < 4.78 is 0. The van der Waals surface area contributed by atoms with E-state index in [0.717, 1.165) is 25.7 Å². The molecule has 0 spiro atoms. The molecule has 3 N–H and O–H groups in total. The number of aromatic amines is 1. The minimum absolute atomic E-state index is 0.343. The lowest BCUT2D eigenvalue weighted by Gasteiger charge is -2.29. The lowest BCUT2D eigenvalue weighted by atomic mass is 9.90. The summed E-state index contributed by atoms with van der Waals surface area (Å²) in [5, 5.41) is 12.1. The van der Waals surface area contributed by atoms with Gasteiger partial charge < -0.3 is 15.4 Å². The molecule has 0 aromatic carbocycles. The molecule has 0 unspecified atom stereocenters. The fourth-order valence-electron chi connectivity index (χ4n) is 2.48. The summed E-state index contributed by atoms with van der Waals surface area (Å²) in [6.45, 7) is 0. The van der Waals surface area contributed by atoms with E-state index < -0.39 is 11.5 Å². The van der Waals surface area contributed by atoms with Crippen LogP contribution in [0.4, 0.5) is 0 Å². The second-order valence-corrected chi connectivity index (χ2v) is 4.84. The van der Waals surface area contributed by atoms with Crippen molar-refractivity contribution in [2.75, 3.05) is 0 Å². The minimum atomic E-state index is -1.10. The number of nitrogens with one attached hydrogen (secondary N) is 2. The highest BCUT2D eigenvalue weighted by Crippen LogP contribution is 2.27. The smallest absolute Gasteiger partial charge is 0.329 e. The molecule has 5 heteroatoms. The van der Waals surface area contributed by atoms with Gasteiger partial charge in [0.1, 0.15) is 11.2 Å². The van der Waals surface area contributed by atoms with E-state index in [-0.39, 0.29) is 5.91 Å². The minimum Gasteiger partial charge on any atom is -0.480 e. The van der Waals surface area contributed by atoms with Crippen LogP contribution in [0.3, 0.4) is 0 Å². The number of hydrogen-bond acceptors (Lipinski definition) is 2. The molecule has 0 bridgehead atoms. The molecule has 18 heavy (non-hydrogen) atoms. The Morgan fingerprint density at radius 3 is 2.39 bits per heavy atom. The lowest BCUT2D eigenvalue weighted by molar-refractivity contribution is -0.145. The molecule has 5 nitrogen and oxygen atoms in total. The standard InChI is InChI=1S/C13H18N2O3/c16-11(10-6-5-9-14-10)15-13(12(17)18)7-3-1-2-4-8-13/h5-6,9,14H,1-4,7-8H2,(H,15,16)(H,17,18). The Morgan fingerprint density at radius 1 is 1.22 bits per heavy atom. The van der Waals surface area contributed by atoms with Crippen molar-refractivity contribution in [1.29, 1.82) is 0 Å². The first-order chi connectivity index (χ1) is 8.64. The van der Waals surface area contributed by atoms with Crippen LogP contribution < -0.4 is 5.32 Å². The Morgan fingerprint density at radius 2 is 1.89 bits per heavy atom. The highest BCUT2D eigenvalue weighted by atomic mass is 16.4. The molecular weight excluding hydrogens is 232 g/mol. The Hall–Kier alpha value is -1.78. The van der Waals surface area contributed by atoms with Crippen molar-refractivity contribution in [1.82, 2.24) is 10.3 Å². The number of aromatic nitrogens is 1. The van der Waals surface area contributed by atoms with Crippen molar-refractivity contribution in [3.8, 4) is 0 Å². The number of amides is 1. The average molecular weight is 250 g/mol. The first-order valence-electron chi connectivity index (χ1n) is 6.33. The first kappa shape index (κ1) is 12.7. The molecule has 1 amide bonds. The zero-order valence-corrected chi connectivity index (χ0v) is 10.2. The second kappa shape index (κ2) is 5.25. The summed E-state index contributed by atoms with van der Waals surface area (Å²) in [4.78, 5) is 26.3. The molecular formula is C13H18N2O3. The monoisotopic (exact) mass is 250 g/mol. The zero-order chi connectivity index (χ0) is 13.0. The van der Waals surface area contributed by atoms with Gasteiger partial charge in [-0.2, -0.15) is 0 Å². The van der Waals surface area contributed by atoms with Crippen molar-refractivity contribution in [3.63, 3.8) is 0 Å². The Kier molecular flexibility index (Phi) is 3.69. The molecule has 2 rings (SSSR count). The van der Waals surface area contributed by atoms with E-state index in [1.807, 2.05) is 0 Å². The van der Waals surface area contributed by atoms with Gasteiger partial charge in [0, 0.05) is 6.20 Å². The summed E-state index contributed by atoms with van der Waals surface area (Å²) in [7, 11) is 0. The number of carboxylic acids is 1. The quantitative estimate of drug-likeness (QED) is 0.717. The van der Waals surface area contributed by atoms with Crippen LogP contribution >= 0.6 is 0 Å². The summed E-state index contributed by atoms with van der Waals surface area (Å²) in [6, 6.07) is 3.36. The number of carbonyl (C=O) groups is 2. The van der Waals surface area contributed by atoms with Gasteiger partial charge in [-0.25, -0.2) is 4.79 Å². The van der Waals surface area contributed by atoms with Gasteiger partial charge in [-0.3, -0.25) is 4.79 Å². The number of carboxylic acid groups (broad SMARTS) is 1. The largest absolute Gasteiger partial charge is 0.480 e. The number of rotatable bonds is 3. The SMILES string of the molecule is O=C(NC1(C(=O)O)CCCCCC1)c1ccc[nH]1.